The van der Waals surface area contributed by atoms with E-state index in [0.717, 1.165) is 28.3 Å². The molecule has 0 saturated heterocycles. The fourth-order valence-corrected chi connectivity index (χ4v) is 3.95. The molecule has 1 aliphatic rings. The van der Waals surface area contributed by atoms with Gasteiger partial charge in [0.15, 0.2) is 0 Å². The Hall–Kier alpha value is -3.23. The lowest BCUT2D eigenvalue weighted by Gasteiger charge is -2.24. The van der Waals surface area contributed by atoms with Crippen LogP contribution in [0.2, 0.25) is 0 Å². The largest absolute Gasteiger partial charge is 0.497 e. The Morgan fingerprint density at radius 3 is 2.20 bits per heavy atom. The van der Waals surface area contributed by atoms with Gasteiger partial charge in [-0.25, -0.2) is 17.9 Å². The average Bonchev–Trinajstić information content (AvgIpc) is 3.19. The average molecular weight is 425 g/mol. The monoisotopic (exact) mass is 425 g/mol. The Morgan fingerprint density at radius 2 is 1.63 bits per heavy atom. The van der Waals surface area contributed by atoms with E-state index in [1.165, 1.54) is 24.3 Å². The molecule has 1 unspecified atom stereocenters. The van der Waals surface area contributed by atoms with Crippen molar-refractivity contribution in [3.05, 3.63) is 89.7 Å². The summed E-state index contributed by atoms with van der Waals surface area (Å²) in [5.74, 6) is 0.444. The van der Waals surface area contributed by atoms with E-state index in [1.54, 1.807) is 31.4 Å². The topological polar surface area (TPSA) is 85.0 Å². The maximum Gasteiger partial charge on any atom is 0.238 e. The van der Waals surface area contributed by atoms with Gasteiger partial charge in [0.2, 0.25) is 10.0 Å². The van der Waals surface area contributed by atoms with Crippen LogP contribution in [0.3, 0.4) is 0 Å². The highest BCUT2D eigenvalue weighted by Crippen LogP contribution is 2.37. The van der Waals surface area contributed by atoms with Gasteiger partial charge in [0, 0.05) is 6.42 Å². The van der Waals surface area contributed by atoms with Crippen LogP contribution in [0, 0.1) is 5.82 Å². The predicted octanol–water partition coefficient (Wildman–Crippen LogP) is 3.84. The second kappa shape index (κ2) is 7.89. The highest BCUT2D eigenvalue weighted by atomic mass is 32.2. The lowest BCUT2D eigenvalue weighted by Crippen LogP contribution is -2.19. The molecular weight excluding hydrogens is 405 g/mol. The number of nitrogens with zero attached hydrogens (tertiary/aromatic N) is 2. The summed E-state index contributed by atoms with van der Waals surface area (Å²) in [4.78, 5) is 0.0363. The first-order valence-electron chi connectivity index (χ1n) is 9.24. The van der Waals surface area contributed by atoms with Gasteiger partial charge in [-0.05, 0) is 59.7 Å². The van der Waals surface area contributed by atoms with Crippen LogP contribution in [0.15, 0.2) is 82.8 Å². The van der Waals surface area contributed by atoms with Crippen LogP contribution < -0.4 is 14.9 Å². The third-order valence-electron chi connectivity index (χ3n) is 5.02. The maximum atomic E-state index is 13.3. The highest BCUT2D eigenvalue weighted by molar-refractivity contribution is 7.89. The lowest BCUT2D eigenvalue weighted by atomic mass is 9.98. The minimum absolute atomic E-state index is 0.0363. The van der Waals surface area contributed by atoms with Gasteiger partial charge in [-0.15, -0.1) is 0 Å². The van der Waals surface area contributed by atoms with Crippen molar-refractivity contribution >= 4 is 21.4 Å². The number of hydrogen-bond acceptors (Lipinski definition) is 5. The number of methoxy groups -OCH3 is 1. The molecule has 0 amide bonds. The molecular formula is C22H20FN3O3S. The third kappa shape index (κ3) is 4.05. The number of halogens is 1. The number of sulfonamides is 1. The van der Waals surface area contributed by atoms with E-state index in [-0.39, 0.29) is 16.8 Å². The summed E-state index contributed by atoms with van der Waals surface area (Å²) >= 11 is 0. The summed E-state index contributed by atoms with van der Waals surface area (Å²) in [7, 11) is -2.17. The smallest absolute Gasteiger partial charge is 0.238 e. The van der Waals surface area contributed by atoms with Crippen molar-refractivity contribution < 1.29 is 17.5 Å². The van der Waals surface area contributed by atoms with Crippen LogP contribution in [0.5, 0.6) is 5.75 Å². The zero-order valence-corrected chi connectivity index (χ0v) is 17.0. The third-order valence-corrected chi connectivity index (χ3v) is 5.95. The van der Waals surface area contributed by atoms with Crippen LogP contribution in [-0.2, 0) is 10.0 Å². The van der Waals surface area contributed by atoms with E-state index < -0.39 is 10.0 Å². The van der Waals surface area contributed by atoms with Crippen molar-refractivity contribution in [2.45, 2.75) is 17.4 Å². The zero-order valence-electron chi connectivity index (χ0n) is 16.2. The minimum atomic E-state index is -3.78. The number of anilines is 1. The molecule has 0 fully saturated rings. The Bertz CT molecular complexity index is 1180. The van der Waals surface area contributed by atoms with E-state index >= 15 is 0 Å². The van der Waals surface area contributed by atoms with E-state index in [9.17, 15) is 12.8 Å². The normalized spacial score (nSPS) is 16.4. The quantitative estimate of drug-likeness (QED) is 0.673. The fraction of sp³-hybridized carbons (Fsp3) is 0.136. The number of primary sulfonamides is 1. The molecule has 154 valence electrons. The molecule has 0 aliphatic carbocycles. The van der Waals surface area contributed by atoms with Crippen molar-refractivity contribution in [3.63, 3.8) is 0 Å². The van der Waals surface area contributed by atoms with Crippen molar-refractivity contribution in [1.82, 2.24) is 0 Å². The second-order valence-corrected chi connectivity index (χ2v) is 8.49. The summed E-state index contributed by atoms with van der Waals surface area (Å²) in [5.41, 5.74) is 3.39. The molecule has 3 aromatic carbocycles. The van der Waals surface area contributed by atoms with Crippen LogP contribution in [0.1, 0.15) is 23.6 Å². The van der Waals surface area contributed by atoms with E-state index in [0.29, 0.717) is 6.42 Å². The molecule has 6 nitrogen and oxygen atoms in total. The Morgan fingerprint density at radius 1 is 1.00 bits per heavy atom. The summed E-state index contributed by atoms with van der Waals surface area (Å²) in [5, 5.41) is 11.8. The van der Waals surface area contributed by atoms with Gasteiger partial charge in [-0.1, -0.05) is 24.3 Å². The first-order chi connectivity index (χ1) is 14.3. The van der Waals surface area contributed by atoms with Crippen LogP contribution in [0.25, 0.3) is 0 Å². The standard InChI is InChI=1S/C22H20FN3O3S/c1-29-19-10-4-16(5-11-19)22-14-21(15-2-6-17(23)7-3-15)25-26(22)18-8-12-20(13-9-18)30(24,27)28/h2-13,22H,14H2,1H3,(H2,24,27,28). The van der Waals surface area contributed by atoms with Gasteiger partial charge < -0.3 is 4.74 Å². The predicted molar refractivity (Wildman–Crippen MR) is 114 cm³/mol. The van der Waals surface area contributed by atoms with Crippen molar-refractivity contribution in [1.29, 1.82) is 0 Å². The molecule has 0 spiro atoms. The van der Waals surface area contributed by atoms with Gasteiger partial charge in [-0.3, -0.25) is 5.01 Å². The van der Waals surface area contributed by atoms with Gasteiger partial charge in [-0.2, -0.15) is 5.10 Å². The molecule has 30 heavy (non-hydrogen) atoms. The van der Waals surface area contributed by atoms with E-state index in [1.807, 2.05) is 29.3 Å². The van der Waals surface area contributed by atoms with Crippen molar-refractivity contribution in [2.75, 3.05) is 12.1 Å². The second-order valence-electron chi connectivity index (χ2n) is 6.93. The molecule has 0 saturated carbocycles. The first-order valence-corrected chi connectivity index (χ1v) is 10.8. The Balaban J connectivity index is 1.73. The summed E-state index contributed by atoms with van der Waals surface area (Å²) < 4.78 is 41.7. The molecule has 1 heterocycles. The number of nitrogens with two attached hydrogens (primary N) is 1. The fourth-order valence-electron chi connectivity index (χ4n) is 3.44. The Kier molecular flexibility index (Phi) is 5.27. The Labute approximate surface area is 174 Å². The number of rotatable bonds is 5. The van der Waals surface area contributed by atoms with E-state index in [4.69, 9.17) is 15.0 Å². The highest BCUT2D eigenvalue weighted by Gasteiger charge is 2.30. The molecule has 8 heteroatoms. The van der Waals surface area contributed by atoms with E-state index in [2.05, 4.69) is 0 Å². The van der Waals surface area contributed by atoms with Gasteiger partial charge in [0.05, 0.1) is 29.4 Å². The maximum absolute atomic E-state index is 13.3. The van der Waals surface area contributed by atoms with Crippen LogP contribution >= 0.6 is 0 Å². The number of hydrogen-bond donors (Lipinski definition) is 1. The molecule has 0 aromatic heterocycles. The molecule has 1 atom stereocenters. The zero-order chi connectivity index (χ0) is 21.3. The van der Waals surface area contributed by atoms with Crippen molar-refractivity contribution in [3.8, 4) is 5.75 Å². The number of hydrazone groups is 1. The molecule has 0 bridgehead atoms. The summed E-state index contributed by atoms with van der Waals surface area (Å²) in [6, 6.07) is 20.1. The lowest BCUT2D eigenvalue weighted by molar-refractivity contribution is 0.414. The number of ether oxygens (including phenoxy) is 1. The minimum Gasteiger partial charge on any atom is -0.497 e. The molecule has 2 N–H and O–H groups in total. The first kappa shape index (κ1) is 20.1. The molecule has 0 radical (unpaired) electrons. The van der Waals surface area contributed by atoms with Crippen LogP contribution in [0.4, 0.5) is 10.1 Å². The molecule has 4 rings (SSSR count). The number of benzene rings is 3. The van der Waals surface area contributed by atoms with Crippen LogP contribution in [-0.4, -0.2) is 21.2 Å². The van der Waals surface area contributed by atoms with Gasteiger partial charge >= 0.3 is 0 Å². The molecule has 3 aromatic rings. The summed E-state index contributed by atoms with van der Waals surface area (Å²) in [6.45, 7) is 0. The SMILES string of the molecule is COc1ccc(C2CC(c3ccc(F)cc3)=NN2c2ccc(S(N)(=O)=O)cc2)cc1. The van der Waals surface area contributed by atoms with Gasteiger partial charge in [0.1, 0.15) is 11.6 Å². The van der Waals surface area contributed by atoms with Gasteiger partial charge in [0.25, 0.3) is 0 Å². The summed E-state index contributed by atoms with van der Waals surface area (Å²) in [6.07, 6.45) is 0.606. The molecule has 1 aliphatic heterocycles. The van der Waals surface area contributed by atoms with Crippen molar-refractivity contribution in [2.24, 2.45) is 10.2 Å².